The highest BCUT2D eigenvalue weighted by Crippen LogP contribution is 2.22. The molecule has 0 spiro atoms. The highest BCUT2D eigenvalue weighted by molar-refractivity contribution is 6.36. The summed E-state index contributed by atoms with van der Waals surface area (Å²) in [6, 6.07) is 0. The van der Waals surface area contributed by atoms with Crippen molar-refractivity contribution < 1.29 is 19.4 Å². The molecule has 1 heterocycles. The lowest BCUT2D eigenvalue weighted by Crippen LogP contribution is -2.14. The number of nitrogens with one attached hydrogen (secondary N) is 2. The van der Waals surface area contributed by atoms with E-state index in [1.807, 2.05) is 0 Å². The molecule has 0 aromatic carbocycles. The molecule has 86 valence electrons. The number of aromatic nitrogens is 2. The van der Waals surface area contributed by atoms with Crippen molar-refractivity contribution in [2.24, 2.45) is 0 Å². The van der Waals surface area contributed by atoms with Gasteiger partial charge in [-0.05, 0) is 0 Å². The highest BCUT2D eigenvalue weighted by Gasteiger charge is 2.18. The molecule has 0 aliphatic rings. The number of aromatic amines is 1. The molecule has 1 aromatic heterocycles. The number of nitrogens with zero attached hydrogens (tertiary/aromatic N) is 1. The number of hydrogen-bond acceptors (Lipinski definition) is 4. The predicted octanol–water partition coefficient (Wildman–Crippen LogP) is 1.50. The summed E-state index contributed by atoms with van der Waals surface area (Å²) in [4.78, 5) is 21.6. The van der Waals surface area contributed by atoms with Crippen LogP contribution in [0.4, 0.5) is 10.6 Å². The summed E-state index contributed by atoms with van der Waals surface area (Å²) in [7, 11) is 0. The molecule has 0 bridgehead atoms. The summed E-state index contributed by atoms with van der Waals surface area (Å²) in [6.45, 7) is 3.38. The van der Waals surface area contributed by atoms with Gasteiger partial charge in [-0.2, -0.15) is 5.10 Å². The minimum Gasteiger partial charge on any atom is -0.476 e. The molecule has 1 aromatic rings. The summed E-state index contributed by atoms with van der Waals surface area (Å²) >= 11 is 5.63. The molecule has 16 heavy (non-hydrogen) atoms. The van der Waals surface area contributed by atoms with Gasteiger partial charge >= 0.3 is 12.1 Å². The molecule has 0 radical (unpaired) electrons. The molecular formula is C8H8ClN3O4. The first kappa shape index (κ1) is 12.1. The quantitative estimate of drug-likeness (QED) is 0.697. The number of carboxylic acid groups (broad SMARTS) is 1. The van der Waals surface area contributed by atoms with Crippen LogP contribution in [0.3, 0.4) is 0 Å². The van der Waals surface area contributed by atoms with Gasteiger partial charge in [0.2, 0.25) is 0 Å². The first-order valence-corrected chi connectivity index (χ1v) is 4.46. The molecule has 1 rings (SSSR count). The van der Waals surface area contributed by atoms with Crippen LogP contribution in [0, 0.1) is 0 Å². The summed E-state index contributed by atoms with van der Waals surface area (Å²) < 4.78 is 4.59. The summed E-state index contributed by atoms with van der Waals surface area (Å²) in [5, 5.41) is 16.3. The predicted molar refractivity (Wildman–Crippen MR) is 55.7 cm³/mol. The number of anilines is 1. The second kappa shape index (κ2) is 5.17. The van der Waals surface area contributed by atoms with E-state index in [1.54, 1.807) is 0 Å². The van der Waals surface area contributed by atoms with Gasteiger partial charge in [0.05, 0.1) is 0 Å². The average Bonchev–Trinajstić information content (AvgIpc) is 2.57. The first-order valence-electron chi connectivity index (χ1n) is 4.08. The van der Waals surface area contributed by atoms with Gasteiger partial charge < -0.3 is 9.84 Å². The Morgan fingerprint density at radius 3 is 2.88 bits per heavy atom. The lowest BCUT2D eigenvalue weighted by molar-refractivity contribution is 0.0690. The van der Waals surface area contributed by atoms with Gasteiger partial charge in [0, 0.05) is 0 Å². The largest absolute Gasteiger partial charge is 0.476 e. The molecule has 0 aliphatic heterocycles. The number of H-pyrrole nitrogens is 1. The van der Waals surface area contributed by atoms with Crippen LogP contribution >= 0.6 is 11.6 Å². The van der Waals surface area contributed by atoms with Crippen LogP contribution < -0.4 is 5.32 Å². The Morgan fingerprint density at radius 1 is 1.69 bits per heavy atom. The zero-order valence-electron chi connectivity index (χ0n) is 7.99. The Hall–Kier alpha value is -2.02. The monoisotopic (exact) mass is 245 g/mol. The van der Waals surface area contributed by atoms with E-state index in [9.17, 15) is 9.59 Å². The van der Waals surface area contributed by atoms with Crippen molar-refractivity contribution in [1.29, 1.82) is 0 Å². The van der Waals surface area contributed by atoms with Gasteiger partial charge in [-0.1, -0.05) is 24.3 Å². The lowest BCUT2D eigenvalue weighted by atomic mass is 10.4. The van der Waals surface area contributed by atoms with Crippen molar-refractivity contribution in [3.05, 3.63) is 23.4 Å². The van der Waals surface area contributed by atoms with Gasteiger partial charge in [-0.25, -0.2) is 9.59 Å². The van der Waals surface area contributed by atoms with Crippen molar-refractivity contribution in [3.63, 3.8) is 0 Å². The van der Waals surface area contributed by atoms with Crippen LogP contribution in [-0.4, -0.2) is 34.0 Å². The number of carboxylic acids is 1. The van der Waals surface area contributed by atoms with Crippen LogP contribution in [0.15, 0.2) is 12.7 Å². The number of carbonyl (C=O) groups is 2. The van der Waals surface area contributed by atoms with E-state index in [-0.39, 0.29) is 23.1 Å². The van der Waals surface area contributed by atoms with E-state index in [0.717, 1.165) is 0 Å². The fourth-order valence-electron chi connectivity index (χ4n) is 0.820. The van der Waals surface area contributed by atoms with Crippen molar-refractivity contribution in [2.45, 2.75) is 0 Å². The zero-order chi connectivity index (χ0) is 12.1. The standard InChI is InChI=1S/C8H8ClN3O4/c1-2-3-16-8(15)10-6-4(9)5(7(13)14)11-12-6/h2H,1,3H2,(H,13,14)(H2,10,11,12,15). The smallest absolute Gasteiger partial charge is 0.413 e. The average molecular weight is 246 g/mol. The Labute approximate surface area is 95.0 Å². The van der Waals surface area contributed by atoms with Crippen molar-refractivity contribution in [1.82, 2.24) is 10.2 Å². The first-order chi connectivity index (χ1) is 7.56. The molecule has 0 aliphatic carbocycles. The third-order valence-electron chi connectivity index (χ3n) is 1.47. The van der Waals surface area contributed by atoms with E-state index in [2.05, 4.69) is 26.8 Å². The highest BCUT2D eigenvalue weighted by atomic mass is 35.5. The molecule has 7 nitrogen and oxygen atoms in total. The molecule has 0 fully saturated rings. The molecule has 0 atom stereocenters. The van der Waals surface area contributed by atoms with Crippen LogP contribution in [0.25, 0.3) is 0 Å². The maximum atomic E-state index is 11.1. The number of halogens is 1. The van der Waals surface area contributed by atoms with Crippen molar-refractivity contribution in [3.8, 4) is 0 Å². The van der Waals surface area contributed by atoms with E-state index < -0.39 is 12.1 Å². The van der Waals surface area contributed by atoms with Gasteiger partial charge in [0.15, 0.2) is 11.5 Å². The third kappa shape index (κ3) is 2.74. The van der Waals surface area contributed by atoms with E-state index in [0.29, 0.717) is 0 Å². The molecule has 3 N–H and O–H groups in total. The summed E-state index contributed by atoms with van der Waals surface area (Å²) in [5.41, 5.74) is -0.305. The van der Waals surface area contributed by atoms with Gasteiger partial charge in [-0.3, -0.25) is 10.4 Å². The second-order valence-electron chi connectivity index (χ2n) is 2.58. The maximum absolute atomic E-state index is 11.1. The van der Waals surface area contributed by atoms with Crippen LogP contribution in [0.5, 0.6) is 0 Å². The number of aromatic carboxylic acids is 1. The Morgan fingerprint density at radius 2 is 2.38 bits per heavy atom. The third-order valence-corrected chi connectivity index (χ3v) is 1.84. The van der Waals surface area contributed by atoms with Crippen molar-refractivity contribution in [2.75, 3.05) is 11.9 Å². The second-order valence-corrected chi connectivity index (χ2v) is 2.96. The number of amides is 1. The van der Waals surface area contributed by atoms with E-state index >= 15 is 0 Å². The Balaban J connectivity index is 2.71. The molecule has 0 saturated carbocycles. The zero-order valence-corrected chi connectivity index (χ0v) is 8.74. The fraction of sp³-hybridized carbons (Fsp3) is 0.125. The minimum atomic E-state index is -1.27. The SMILES string of the molecule is C=CCOC(=O)Nc1n[nH]c(C(=O)O)c1Cl. The van der Waals surface area contributed by atoms with Gasteiger partial charge in [0.1, 0.15) is 11.6 Å². The van der Waals surface area contributed by atoms with E-state index in [1.165, 1.54) is 6.08 Å². The summed E-state index contributed by atoms with van der Waals surface area (Å²) in [6.07, 6.45) is 0.583. The van der Waals surface area contributed by atoms with Crippen LogP contribution in [-0.2, 0) is 4.74 Å². The maximum Gasteiger partial charge on any atom is 0.413 e. The van der Waals surface area contributed by atoms with Gasteiger partial charge in [-0.15, -0.1) is 0 Å². The van der Waals surface area contributed by atoms with Crippen molar-refractivity contribution >= 4 is 29.5 Å². The van der Waals surface area contributed by atoms with Crippen LogP contribution in [0.1, 0.15) is 10.5 Å². The number of hydrogen-bond donors (Lipinski definition) is 3. The number of rotatable bonds is 4. The number of carbonyl (C=O) groups excluding carboxylic acids is 1. The molecule has 0 unspecified atom stereocenters. The Kier molecular flexibility index (Phi) is 3.90. The van der Waals surface area contributed by atoms with E-state index in [4.69, 9.17) is 16.7 Å². The number of ether oxygens (including phenoxy) is 1. The fourth-order valence-corrected chi connectivity index (χ4v) is 1.03. The minimum absolute atomic E-state index is 0.0274. The Bertz CT molecular complexity index is 429. The van der Waals surface area contributed by atoms with Gasteiger partial charge in [0.25, 0.3) is 0 Å². The molecule has 1 amide bonds. The molecular weight excluding hydrogens is 238 g/mol. The summed E-state index contributed by atoms with van der Waals surface area (Å²) in [5.74, 6) is -1.38. The molecule has 8 heteroatoms. The topological polar surface area (TPSA) is 104 Å². The normalized spacial score (nSPS) is 9.56. The molecule has 0 saturated heterocycles. The van der Waals surface area contributed by atoms with Crippen LogP contribution in [0.2, 0.25) is 5.02 Å². The lowest BCUT2D eigenvalue weighted by Gasteiger charge is -2.01.